The monoisotopic (exact) mass is 228 g/mol. The molecule has 1 aromatic rings. The van der Waals surface area contributed by atoms with Gasteiger partial charge < -0.3 is 0 Å². The van der Waals surface area contributed by atoms with Gasteiger partial charge in [0, 0.05) is 5.56 Å². The Balaban J connectivity index is 1.93. The van der Waals surface area contributed by atoms with Crippen molar-refractivity contribution in [1.29, 1.82) is 0 Å². The van der Waals surface area contributed by atoms with E-state index in [1.165, 1.54) is 32.1 Å². The molecule has 1 fully saturated rings. The molecule has 1 aliphatic carbocycles. The van der Waals surface area contributed by atoms with E-state index in [0.29, 0.717) is 5.92 Å². The molecule has 2 rings (SSSR count). The zero-order valence-corrected chi connectivity index (χ0v) is 10.3. The summed E-state index contributed by atoms with van der Waals surface area (Å²) in [4.78, 5) is 12.1. The van der Waals surface area contributed by atoms with Crippen LogP contribution in [0.5, 0.6) is 0 Å². The van der Waals surface area contributed by atoms with Crippen LogP contribution >= 0.6 is 0 Å². The standard InChI is InChI=1S/C16H20O/c1-13(12-14-8-4-2-5-9-14)16(17)15-10-6-3-7-11-15/h3,6-7,10-11,14H,1-2,4-5,8-9,12H2. The number of hydrogen-bond donors (Lipinski definition) is 0. The Morgan fingerprint density at radius 3 is 2.41 bits per heavy atom. The number of ketones is 1. The lowest BCUT2D eigenvalue weighted by atomic mass is 9.83. The lowest BCUT2D eigenvalue weighted by Crippen LogP contribution is -2.11. The quantitative estimate of drug-likeness (QED) is 0.551. The van der Waals surface area contributed by atoms with E-state index >= 15 is 0 Å². The van der Waals surface area contributed by atoms with E-state index in [0.717, 1.165) is 17.6 Å². The fourth-order valence-corrected chi connectivity index (χ4v) is 2.63. The SMILES string of the molecule is C=C(CC1CCCCC1)C(=O)c1ccccc1. The van der Waals surface area contributed by atoms with Gasteiger partial charge in [-0.25, -0.2) is 0 Å². The van der Waals surface area contributed by atoms with Gasteiger partial charge in [-0.2, -0.15) is 0 Å². The average molecular weight is 228 g/mol. The summed E-state index contributed by atoms with van der Waals surface area (Å²) in [5, 5.41) is 0. The van der Waals surface area contributed by atoms with Gasteiger partial charge in [0.25, 0.3) is 0 Å². The predicted octanol–water partition coefficient (Wildman–Crippen LogP) is 4.40. The maximum absolute atomic E-state index is 12.1. The maximum atomic E-state index is 12.1. The lowest BCUT2D eigenvalue weighted by molar-refractivity contribution is 0.102. The molecule has 1 saturated carbocycles. The van der Waals surface area contributed by atoms with E-state index in [1.54, 1.807) is 0 Å². The minimum Gasteiger partial charge on any atom is -0.289 e. The number of allylic oxidation sites excluding steroid dienone is 1. The molecule has 0 bridgehead atoms. The minimum atomic E-state index is 0.121. The van der Waals surface area contributed by atoms with Crippen LogP contribution in [0.3, 0.4) is 0 Å². The molecule has 0 unspecified atom stereocenters. The van der Waals surface area contributed by atoms with E-state index in [9.17, 15) is 4.79 Å². The zero-order chi connectivity index (χ0) is 12.1. The first kappa shape index (κ1) is 12.1. The van der Waals surface area contributed by atoms with E-state index < -0.39 is 0 Å². The molecule has 0 heterocycles. The van der Waals surface area contributed by atoms with Crippen LogP contribution in [0.2, 0.25) is 0 Å². The Hall–Kier alpha value is -1.37. The molecule has 1 nitrogen and oxygen atoms in total. The topological polar surface area (TPSA) is 17.1 Å². The summed E-state index contributed by atoms with van der Waals surface area (Å²) < 4.78 is 0. The number of rotatable bonds is 4. The number of carbonyl (C=O) groups is 1. The van der Waals surface area contributed by atoms with Gasteiger partial charge in [-0.1, -0.05) is 69.0 Å². The van der Waals surface area contributed by atoms with Gasteiger partial charge in [0.15, 0.2) is 5.78 Å². The Morgan fingerprint density at radius 2 is 1.76 bits per heavy atom. The molecule has 0 radical (unpaired) electrons. The number of benzene rings is 1. The van der Waals surface area contributed by atoms with Crippen molar-refractivity contribution < 1.29 is 4.79 Å². The van der Waals surface area contributed by atoms with Gasteiger partial charge >= 0.3 is 0 Å². The first-order valence-electron chi connectivity index (χ1n) is 6.55. The molecule has 0 atom stereocenters. The van der Waals surface area contributed by atoms with E-state index in [1.807, 2.05) is 30.3 Å². The molecule has 0 amide bonds. The van der Waals surface area contributed by atoms with Gasteiger partial charge in [-0.3, -0.25) is 4.79 Å². The predicted molar refractivity (Wildman–Crippen MR) is 71.1 cm³/mol. The van der Waals surface area contributed by atoms with Crippen molar-refractivity contribution in [2.45, 2.75) is 38.5 Å². The average Bonchev–Trinajstić information content (AvgIpc) is 2.40. The van der Waals surface area contributed by atoms with Crippen LogP contribution in [-0.4, -0.2) is 5.78 Å². The first-order chi connectivity index (χ1) is 8.27. The minimum absolute atomic E-state index is 0.121. The van der Waals surface area contributed by atoms with Crippen molar-refractivity contribution in [3.05, 3.63) is 48.0 Å². The lowest BCUT2D eigenvalue weighted by Gasteiger charge is -2.21. The van der Waals surface area contributed by atoms with E-state index in [4.69, 9.17) is 0 Å². The molecule has 17 heavy (non-hydrogen) atoms. The number of carbonyl (C=O) groups excluding carboxylic acids is 1. The van der Waals surface area contributed by atoms with Gasteiger partial charge in [0.05, 0.1) is 0 Å². The zero-order valence-electron chi connectivity index (χ0n) is 10.3. The Labute approximate surface area is 104 Å². The van der Waals surface area contributed by atoms with Gasteiger partial charge in [-0.15, -0.1) is 0 Å². The van der Waals surface area contributed by atoms with Crippen molar-refractivity contribution in [2.75, 3.05) is 0 Å². The summed E-state index contributed by atoms with van der Waals surface area (Å²) in [5.74, 6) is 0.806. The fraction of sp³-hybridized carbons (Fsp3) is 0.438. The molecule has 1 aromatic carbocycles. The summed E-state index contributed by atoms with van der Waals surface area (Å²) >= 11 is 0. The van der Waals surface area contributed by atoms with Crippen molar-refractivity contribution in [1.82, 2.24) is 0 Å². The molecule has 90 valence electrons. The second-order valence-corrected chi connectivity index (χ2v) is 5.01. The highest BCUT2D eigenvalue weighted by Gasteiger charge is 2.18. The van der Waals surface area contributed by atoms with Crippen molar-refractivity contribution in [2.24, 2.45) is 5.92 Å². The highest BCUT2D eigenvalue weighted by molar-refractivity contribution is 6.08. The van der Waals surface area contributed by atoms with Crippen molar-refractivity contribution >= 4 is 5.78 Å². The normalized spacial score (nSPS) is 16.7. The molecule has 1 aliphatic rings. The maximum Gasteiger partial charge on any atom is 0.188 e. The number of hydrogen-bond acceptors (Lipinski definition) is 1. The summed E-state index contributed by atoms with van der Waals surface area (Å²) in [6.07, 6.45) is 7.40. The molecular weight excluding hydrogens is 208 g/mol. The van der Waals surface area contributed by atoms with Crippen LogP contribution in [0.25, 0.3) is 0 Å². The second kappa shape index (κ2) is 5.81. The van der Waals surface area contributed by atoms with Crippen molar-refractivity contribution in [3.8, 4) is 0 Å². The summed E-state index contributed by atoms with van der Waals surface area (Å²) in [7, 11) is 0. The highest BCUT2D eigenvalue weighted by Crippen LogP contribution is 2.29. The largest absolute Gasteiger partial charge is 0.289 e. The van der Waals surface area contributed by atoms with Crippen molar-refractivity contribution in [3.63, 3.8) is 0 Å². The highest BCUT2D eigenvalue weighted by atomic mass is 16.1. The summed E-state index contributed by atoms with van der Waals surface area (Å²) in [6.45, 7) is 3.98. The van der Waals surface area contributed by atoms with Crippen LogP contribution in [0.1, 0.15) is 48.9 Å². The third kappa shape index (κ3) is 3.29. The van der Waals surface area contributed by atoms with Gasteiger partial charge in [0.1, 0.15) is 0 Å². The Morgan fingerprint density at radius 1 is 1.12 bits per heavy atom. The third-order valence-corrected chi connectivity index (χ3v) is 3.62. The Bertz CT molecular complexity index is 385. The van der Waals surface area contributed by atoms with E-state index in [2.05, 4.69) is 6.58 Å². The van der Waals surface area contributed by atoms with Crippen LogP contribution < -0.4 is 0 Å². The number of Topliss-reactive ketones (excluding diaryl/α,β-unsaturated/α-hetero) is 1. The van der Waals surface area contributed by atoms with E-state index in [-0.39, 0.29) is 5.78 Å². The molecule has 0 spiro atoms. The van der Waals surface area contributed by atoms with Gasteiger partial charge in [0.2, 0.25) is 0 Å². The fourth-order valence-electron chi connectivity index (χ4n) is 2.63. The van der Waals surface area contributed by atoms with Crippen LogP contribution in [-0.2, 0) is 0 Å². The summed E-state index contributed by atoms with van der Waals surface area (Å²) in [5.41, 5.74) is 1.55. The van der Waals surface area contributed by atoms with Crippen LogP contribution in [0.15, 0.2) is 42.5 Å². The molecule has 0 aliphatic heterocycles. The molecule has 0 aromatic heterocycles. The molecule has 1 heteroatoms. The molecule has 0 N–H and O–H groups in total. The van der Waals surface area contributed by atoms with Crippen LogP contribution in [0, 0.1) is 5.92 Å². The summed E-state index contributed by atoms with van der Waals surface area (Å²) in [6, 6.07) is 9.48. The van der Waals surface area contributed by atoms with Gasteiger partial charge in [-0.05, 0) is 17.9 Å². The smallest absolute Gasteiger partial charge is 0.188 e. The second-order valence-electron chi connectivity index (χ2n) is 5.01. The Kier molecular flexibility index (Phi) is 4.13. The van der Waals surface area contributed by atoms with Crippen LogP contribution in [0.4, 0.5) is 0 Å². The molecular formula is C16H20O. The first-order valence-corrected chi connectivity index (χ1v) is 6.55. The third-order valence-electron chi connectivity index (χ3n) is 3.62. The molecule has 0 saturated heterocycles.